The Bertz CT molecular complexity index is 4500. The highest BCUT2D eigenvalue weighted by atomic mass is 15.1. The number of para-hydroxylation sites is 5. The number of hydrogen-bond donors (Lipinski definition) is 0. The maximum atomic E-state index is 2.60. The minimum absolute atomic E-state index is 0.780. The molecule has 0 bridgehead atoms. The molecule has 0 aliphatic heterocycles. The molecule has 0 saturated carbocycles. The van der Waals surface area contributed by atoms with Crippen LogP contribution >= 0.6 is 0 Å². The fraction of sp³-hybridized carbons (Fsp3) is 0.0149. The lowest BCUT2D eigenvalue weighted by atomic mass is 9.99. The van der Waals surface area contributed by atoms with Crippen LogP contribution < -0.4 is 0 Å². The van der Waals surface area contributed by atoms with E-state index in [1.54, 1.807) is 0 Å². The highest BCUT2D eigenvalue weighted by Crippen LogP contribution is 2.45. The highest BCUT2D eigenvalue weighted by molar-refractivity contribution is 6.24. The lowest BCUT2D eigenvalue weighted by Crippen LogP contribution is -2.05. The monoisotopic (exact) mass is 904 g/mol. The molecule has 14 aromatic rings. The maximum absolute atomic E-state index is 2.60. The summed E-state index contributed by atoms with van der Waals surface area (Å²) >= 11 is 0. The van der Waals surface area contributed by atoms with E-state index in [0.29, 0.717) is 0 Å². The molecule has 0 spiro atoms. The molecule has 0 radical (unpaired) electrons. The van der Waals surface area contributed by atoms with Crippen molar-refractivity contribution in [3.63, 3.8) is 0 Å². The van der Waals surface area contributed by atoms with Crippen LogP contribution in [0.4, 0.5) is 0 Å². The molecule has 1 aliphatic carbocycles. The van der Waals surface area contributed by atoms with Gasteiger partial charge < -0.3 is 18.3 Å². The van der Waals surface area contributed by atoms with E-state index in [0.717, 1.165) is 45.8 Å². The molecule has 0 amide bonds. The molecule has 15 rings (SSSR count). The molecule has 4 nitrogen and oxygen atoms in total. The van der Waals surface area contributed by atoms with Gasteiger partial charge in [-0.1, -0.05) is 194 Å². The van der Waals surface area contributed by atoms with E-state index in [1.165, 1.54) is 93.2 Å². The van der Waals surface area contributed by atoms with E-state index >= 15 is 0 Å². The van der Waals surface area contributed by atoms with Crippen molar-refractivity contribution < 1.29 is 0 Å². The summed E-state index contributed by atoms with van der Waals surface area (Å²) < 4.78 is 10.1. The molecule has 332 valence electrons. The molecule has 71 heavy (non-hydrogen) atoms. The largest absolute Gasteiger partial charge is 0.311 e. The zero-order chi connectivity index (χ0) is 46.6. The van der Waals surface area contributed by atoms with E-state index in [2.05, 4.69) is 273 Å². The van der Waals surface area contributed by atoms with Crippen LogP contribution in [0.1, 0.15) is 11.3 Å². The molecule has 1 aliphatic rings. The van der Waals surface area contributed by atoms with Crippen LogP contribution in [0.2, 0.25) is 0 Å². The number of fused-ring (bicyclic) bond motifs is 14. The summed E-state index contributed by atoms with van der Waals surface area (Å²) in [5, 5.41) is 8.61. The first kappa shape index (κ1) is 39.6. The number of rotatable bonds is 6. The maximum Gasteiger partial charge on any atom is 0.0788 e. The molecule has 4 heterocycles. The summed E-state index contributed by atoms with van der Waals surface area (Å²) in [6.07, 6.45) is 9.81. The summed E-state index contributed by atoms with van der Waals surface area (Å²) in [6, 6.07) is 85.0. The predicted octanol–water partition coefficient (Wildman–Crippen LogP) is 17.4. The van der Waals surface area contributed by atoms with Crippen molar-refractivity contribution in [3.8, 4) is 45.0 Å². The van der Waals surface area contributed by atoms with Gasteiger partial charge in [-0.15, -0.1) is 0 Å². The SMILES string of the molecule is C1=CCc2c(c3ccc4c5ccccc5n(-c5ccccc5)c4c3n2-c2cc(-c3ccc(-c4ccccc4)cc3)cc(-n3c4ccccc4c4ccc5c6ccccc6n(-c6ccccc6)c5c43)c2)C=C1. The lowest BCUT2D eigenvalue weighted by molar-refractivity contribution is 0.997. The molecule has 0 unspecified atom stereocenters. The fourth-order valence-electron chi connectivity index (χ4n) is 11.9. The lowest BCUT2D eigenvalue weighted by Gasteiger charge is -2.18. The van der Waals surface area contributed by atoms with Gasteiger partial charge in [0.25, 0.3) is 0 Å². The summed E-state index contributed by atoms with van der Waals surface area (Å²) in [4.78, 5) is 0. The van der Waals surface area contributed by atoms with Crippen LogP contribution in [0.25, 0.3) is 127 Å². The average molecular weight is 905 g/mol. The first-order chi connectivity index (χ1) is 35.3. The van der Waals surface area contributed by atoms with Crippen molar-refractivity contribution in [2.45, 2.75) is 6.42 Å². The van der Waals surface area contributed by atoms with E-state index in [-0.39, 0.29) is 0 Å². The Hall–Kier alpha value is -9.38. The van der Waals surface area contributed by atoms with E-state index in [4.69, 9.17) is 0 Å². The Morgan fingerprint density at radius 1 is 0.268 bits per heavy atom. The number of nitrogens with zero attached hydrogens (tertiary/aromatic N) is 4. The quantitative estimate of drug-likeness (QED) is 0.158. The zero-order valence-corrected chi connectivity index (χ0v) is 38.7. The Balaban J connectivity index is 1.10. The number of allylic oxidation sites excluding steroid dienone is 3. The topological polar surface area (TPSA) is 19.7 Å². The second-order valence-corrected chi connectivity index (χ2v) is 18.8. The molecule has 0 saturated heterocycles. The number of aromatic nitrogens is 4. The van der Waals surface area contributed by atoms with Gasteiger partial charge in [-0.2, -0.15) is 0 Å². The Labute approximate surface area is 410 Å². The minimum Gasteiger partial charge on any atom is -0.311 e. The van der Waals surface area contributed by atoms with Crippen molar-refractivity contribution in [1.29, 1.82) is 0 Å². The zero-order valence-electron chi connectivity index (χ0n) is 38.7. The van der Waals surface area contributed by atoms with Crippen molar-refractivity contribution in [3.05, 3.63) is 260 Å². The standard InChI is InChI=1S/C67H44N4/c1-5-19-44(20-6-1)45-33-35-46(36-34-45)47-41-50(70-62-29-12-4-11-25-52(62)58-39-37-56-53-26-13-16-30-60(53)68(64(56)66(58)70)48-21-7-2-8-22-48)43-51(42-47)71-63-32-18-15-28-55(63)59-40-38-57-54-27-14-17-31-61(54)69(65(57)67(59)71)49-23-9-3-10-24-49/h1-28,30-43H,29H2. The first-order valence-corrected chi connectivity index (χ1v) is 24.6. The third kappa shape index (κ3) is 5.92. The van der Waals surface area contributed by atoms with Crippen molar-refractivity contribution in [1.82, 2.24) is 18.3 Å². The predicted molar refractivity (Wildman–Crippen MR) is 299 cm³/mol. The van der Waals surface area contributed by atoms with Crippen LogP contribution in [0.5, 0.6) is 0 Å². The molecular weight excluding hydrogens is 861 g/mol. The smallest absolute Gasteiger partial charge is 0.0788 e. The van der Waals surface area contributed by atoms with E-state index in [1.807, 2.05) is 0 Å². The van der Waals surface area contributed by atoms with Gasteiger partial charge in [-0.05, 0) is 82.9 Å². The fourth-order valence-corrected chi connectivity index (χ4v) is 11.9. The van der Waals surface area contributed by atoms with Gasteiger partial charge in [0, 0.05) is 78.1 Å². The molecule has 0 atom stereocenters. The summed E-state index contributed by atoms with van der Waals surface area (Å²) in [6.45, 7) is 0. The molecule has 4 aromatic heterocycles. The van der Waals surface area contributed by atoms with Crippen LogP contribution in [0.3, 0.4) is 0 Å². The molecule has 0 N–H and O–H groups in total. The van der Waals surface area contributed by atoms with Gasteiger partial charge in [0.2, 0.25) is 0 Å². The second kappa shape index (κ2) is 15.6. The Kier molecular flexibility index (Phi) is 8.69. The molecule has 10 aromatic carbocycles. The van der Waals surface area contributed by atoms with Crippen LogP contribution in [0.15, 0.2) is 249 Å². The molecule has 4 heteroatoms. The van der Waals surface area contributed by atoms with Crippen molar-refractivity contribution in [2.24, 2.45) is 0 Å². The van der Waals surface area contributed by atoms with Gasteiger partial charge in [0.05, 0.1) is 38.6 Å². The minimum atomic E-state index is 0.780. The summed E-state index contributed by atoms with van der Waals surface area (Å²) in [5.74, 6) is 0. The Morgan fingerprint density at radius 2 is 0.662 bits per heavy atom. The van der Waals surface area contributed by atoms with E-state index < -0.39 is 0 Å². The van der Waals surface area contributed by atoms with E-state index in [9.17, 15) is 0 Å². The van der Waals surface area contributed by atoms with Crippen molar-refractivity contribution >= 4 is 82.4 Å². The molecular formula is C67H44N4. The summed E-state index contributed by atoms with van der Waals surface area (Å²) in [5.41, 5.74) is 20.0. The van der Waals surface area contributed by atoms with Crippen LogP contribution in [-0.2, 0) is 6.42 Å². The van der Waals surface area contributed by atoms with Gasteiger partial charge >= 0.3 is 0 Å². The van der Waals surface area contributed by atoms with Gasteiger partial charge in [0.1, 0.15) is 0 Å². The number of benzene rings is 10. The van der Waals surface area contributed by atoms with Gasteiger partial charge in [-0.25, -0.2) is 0 Å². The van der Waals surface area contributed by atoms with Crippen molar-refractivity contribution in [2.75, 3.05) is 0 Å². The van der Waals surface area contributed by atoms with Crippen LogP contribution in [0, 0.1) is 0 Å². The Morgan fingerprint density at radius 3 is 1.18 bits per heavy atom. The van der Waals surface area contributed by atoms with Gasteiger partial charge in [-0.3, -0.25) is 0 Å². The van der Waals surface area contributed by atoms with Gasteiger partial charge in [0.15, 0.2) is 0 Å². The number of hydrogen-bond acceptors (Lipinski definition) is 0. The first-order valence-electron chi connectivity index (χ1n) is 24.6. The second-order valence-electron chi connectivity index (χ2n) is 18.8. The highest BCUT2D eigenvalue weighted by Gasteiger charge is 2.26. The summed E-state index contributed by atoms with van der Waals surface area (Å²) in [7, 11) is 0. The van der Waals surface area contributed by atoms with Crippen LogP contribution in [-0.4, -0.2) is 18.3 Å². The molecule has 0 fully saturated rings. The normalized spacial score (nSPS) is 12.6. The average Bonchev–Trinajstić information content (AvgIpc) is 4.11. The third-order valence-corrected chi connectivity index (χ3v) is 15.0. The third-order valence-electron chi connectivity index (χ3n) is 15.0.